The van der Waals surface area contributed by atoms with E-state index in [9.17, 15) is 19.5 Å². The minimum Gasteiger partial charge on any atom is -0.497 e. The first kappa shape index (κ1) is 21.3. The van der Waals surface area contributed by atoms with Gasteiger partial charge in [-0.2, -0.15) is 0 Å². The Kier molecular flexibility index (Phi) is 7.48. The third kappa shape index (κ3) is 5.77. The molecule has 1 aliphatic rings. The summed E-state index contributed by atoms with van der Waals surface area (Å²) in [5.41, 5.74) is 0. The molecule has 28 heavy (non-hydrogen) atoms. The van der Waals surface area contributed by atoms with E-state index < -0.39 is 30.4 Å². The van der Waals surface area contributed by atoms with Gasteiger partial charge in [-0.1, -0.05) is 13.0 Å². The van der Waals surface area contributed by atoms with Crippen molar-refractivity contribution in [1.29, 1.82) is 0 Å². The molecule has 9 nitrogen and oxygen atoms in total. The topological polar surface area (TPSA) is 112 Å². The summed E-state index contributed by atoms with van der Waals surface area (Å²) >= 11 is 0. The molecule has 0 radical (unpaired) electrons. The molecule has 2 rings (SSSR count). The Labute approximate surface area is 163 Å². The number of methoxy groups -OCH3 is 1. The number of esters is 1. The number of amides is 1. The van der Waals surface area contributed by atoms with Crippen LogP contribution in [-0.4, -0.2) is 60.6 Å². The Bertz CT molecular complexity index is 707. The first-order chi connectivity index (χ1) is 13.3. The van der Waals surface area contributed by atoms with Crippen molar-refractivity contribution in [2.24, 2.45) is 5.92 Å². The largest absolute Gasteiger partial charge is 0.497 e. The third-order valence-corrected chi connectivity index (χ3v) is 4.29. The summed E-state index contributed by atoms with van der Waals surface area (Å²) in [6, 6.07) is 6.03. The van der Waals surface area contributed by atoms with E-state index in [2.05, 4.69) is 0 Å². The second-order valence-electron chi connectivity index (χ2n) is 6.39. The minimum atomic E-state index is -1.13. The Balaban J connectivity index is 1.94. The summed E-state index contributed by atoms with van der Waals surface area (Å²) in [5, 5.41) is 9.43. The van der Waals surface area contributed by atoms with Gasteiger partial charge in [0.2, 0.25) is 6.29 Å². The van der Waals surface area contributed by atoms with Crippen LogP contribution in [0.25, 0.3) is 0 Å². The summed E-state index contributed by atoms with van der Waals surface area (Å²) in [5.74, 6) is -0.589. The second kappa shape index (κ2) is 9.82. The number of hydrogen-bond acceptors (Lipinski definition) is 7. The molecular formula is C19H25NO8. The molecule has 1 fully saturated rings. The molecule has 1 aliphatic heterocycles. The lowest BCUT2D eigenvalue weighted by Gasteiger charge is -2.23. The van der Waals surface area contributed by atoms with Crippen LogP contribution in [-0.2, 0) is 19.1 Å². The number of nitrogens with zero attached hydrogens (tertiary/aromatic N) is 1. The van der Waals surface area contributed by atoms with E-state index in [1.54, 1.807) is 38.3 Å². The molecule has 0 unspecified atom stereocenters. The van der Waals surface area contributed by atoms with E-state index in [0.29, 0.717) is 11.5 Å². The Morgan fingerprint density at radius 2 is 1.96 bits per heavy atom. The van der Waals surface area contributed by atoms with Gasteiger partial charge in [0.25, 0.3) is 0 Å². The fourth-order valence-electron chi connectivity index (χ4n) is 2.89. The maximum atomic E-state index is 12.3. The van der Waals surface area contributed by atoms with Gasteiger partial charge < -0.3 is 24.1 Å². The number of aliphatic carboxylic acids is 1. The quantitative estimate of drug-likeness (QED) is 0.527. The average molecular weight is 395 g/mol. The Morgan fingerprint density at radius 1 is 1.25 bits per heavy atom. The molecule has 0 bridgehead atoms. The summed E-state index contributed by atoms with van der Waals surface area (Å²) in [7, 11) is 1.55. The van der Waals surface area contributed by atoms with E-state index in [4.69, 9.17) is 18.9 Å². The number of ether oxygens (including phenoxy) is 4. The van der Waals surface area contributed by atoms with E-state index >= 15 is 0 Å². The zero-order valence-electron chi connectivity index (χ0n) is 16.1. The van der Waals surface area contributed by atoms with Crippen LogP contribution < -0.4 is 9.47 Å². The summed E-state index contributed by atoms with van der Waals surface area (Å²) < 4.78 is 20.8. The SMILES string of the molecule is CCC(=O)O[C@H](C)OC(=O)N1C[C@@H](COc2cccc(OC)c2)C[C@H]1C(=O)O. The fourth-order valence-corrected chi connectivity index (χ4v) is 2.89. The highest BCUT2D eigenvalue weighted by molar-refractivity contribution is 5.81. The molecule has 0 aromatic heterocycles. The maximum Gasteiger partial charge on any atom is 0.413 e. The van der Waals surface area contributed by atoms with Crippen molar-refractivity contribution in [3.8, 4) is 11.5 Å². The molecule has 1 aromatic rings. The molecule has 0 saturated carbocycles. The van der Waals surface area contributed by atoms with E-state index in [1.165, 1.54) is 6.92 Å². The van der Waals surface area contributed by atoms with Crippen LogP contribution in [0.3, 0.4) is 0 Å². The molecule has 1 saturated heterocycles. The van der Waals surface area contributed by atoms with Crippen LogP contribution >= 0.6 is 0 Å². The highest BCUT2D eigenvalue weighted by Gasteiger charge is 2.41. The smallest absolute Gasteiger partial charge is 0.413 e. The number of hydrogen-bond donors (Lipinski definition) is 1. The van der Waals surface area contributed by atoms with Crippen LogP contribution in [0.4, 0.5) is 4.79 Å². The molecule has 1 amide bonds. The number of likely N-dealkylation sites (tertiary alicyclic amines) is 1. The first-order valence-corrected chi connectivity index (χ1v) is 9.00. The minimum absolute atomic E-state index is 0.146. The van der Waals surface area contributed by atoms with Crippen molar-refractivity contribution in [2.45, 2.75) is 39.0 Å². The number of carbonyl (C=O) groups excluding carboxylic acids is 2. The molecule has 154 valence electrons. The standard InChI is InChI=1S/C19H25NO8/c1-4-17(21)27-12(2)28-19(24)20-10-13(8-16(20)18(22)23)11-26-15-7-5-6-14(9-15)25-3/h5-7,9,12-13,16H,4,8,10-11H2,1-3H3,(H,22,23)/t12-,13-,16-/m0/s1. The highest BCUT2D eigenvalue weighted by atomic mass is 16.7. The highest BCUT2D eigenvalue weighted by Crippen LogP contribution is 2.27. The first-order valence-electron chi connectivity index (χ1n) is 9.00. The lowest BCUT2D eigenvalue weighted by Crippen LogP contribution is -2.42. The van der Waals surface area contributed by atoms with Crippen molar-refractivity contribution in [2.75, 3.05) is 20.3 Å². The zero-order chi connectivity index (χ0) is 20.7. The summed E-state index contributed by atoms with van der Waals surface area (Å²) in [6.45, 7) is 3.42. The predicted octanol–water partition coefficient (Wildman–Crippen LogP) is 2.28. The number of benzene rings is 1. The van der Waals surface area contributed by atoms with E-state index in [1.807, 2.05) is 0 Å². The Hall–Kier alpha value is -2.97. The molecule has 0 spiro atoms. The van der Waals surface area contributed by atoms with Crippen molar-refractivity contribution in [1.82, 2.24) is 4.90 Å². The molecule has 3 atom stereocenters. The molecule has 1 N–H and O–H groups in total. The van der Waals surface area contributed by atoms with Crippen LogP contribution in [0.5, 0.6) is 11.5 Å². The van der Waals surface area contributed by atoms with Crippen LogP contribution in [0.2, 0.25) is 0 Å². The molecular weight excluding hydrogens is 370 g/mol. The maximum absolute atomic E-state index is 12.3. The molecule has 9 heteroatoms. The van der Waals surface area contributed by atoms with Gasteiger partial charge in [0, 0.05) is 31.9 Å². The molecule has 0 aliphatic carbocycles. The van der Waals surface area contributed by atoms with Crippen molar-refractivity contribution in [3.05, 3.63) is 24.3 Å². The predicted molar refractivity (Wildman–Crippen MR) is 97.1 cm³/mol. The molecule has 1 aromatic carbocycles. The van der Waals surface area contributed by atoms with Gasteiger partial charge in [-0.05, 0) is 18.6 Å². The lowest BCUT2D eigenvalue weighted by atomic mass is 10.1. The van der Waals surface area contributed by atoms with Crippen molar-refractivity contribution < 1.29 is 38.4 Å². The van der Waals surface area contributed by atoms with E-state index in [0.717, 1.165) is 4.90 Å². The van der Waals surface area contributed by atoms with Gasteiger partial charge in [-0.25, -0.2) is 9.59 Å². The van der Waals surface area contributed by atoms with Gasteiger partial charge in [-0.3, -0.25) is 9.69 Å². The van der Waals surface area contributed by atoms with Crippen molar-refractivity contribution >= 4 is 18.0 Å². The number of carboxylic acid groups (broad SMARTS) is 1. The normalized spacial score (nSPS) is 19.6. The van der Waals surface area contributed by atoms with Crippen LogP contribution in [0.1, 0.15) is 26.7 Å². The van der Waals surface area contributed by atoms with Crippen LogP contribution in [0, 0.1) is 5.92 Å². The van der Waals surface area contributed by atoms with E-state index in [-0.39, 0.29) is 31.9 Å². The van der Waals surface area contributed by atoms with Gasteiger partial charge >= 0.3 is 18.0 Å². The number of carbonyl (C=O) groups is 3. The summed E-state index contributed by atoms with van der Waals surface area (Å²) in [6.07, 6.45) is -1.56. The van der Waals surface area contributed by atoms with Gasteiger partial charge in [0.05, 0.1) is 13.7 Å². The lowest BCUT2D eigenvalue weighted by molar-refractivity contribution is -0.166. The Morgan fingerprint density at radius 3 is 2.61 bits per heavy atom. The average Bonchev–Trinajstić information content (AvgIpc) is 3.11. The zero-order valence-corrected chi connectivity index (χ0v) is 16.1. The fraction of sp³-hybridized carbons (Fsp3) is 0.526. The summed E-state index contributed by atoms with van der Waals surface area (Å²) in [4.78, 5) is 36.3. The van der Waals surface area contributed by atoms with Gasteiger partial charge in [0.1, 0.15) is 17.5 Å². The monoisotopic (exact) mass is 395 g/mol. The second-order valence-corrected chi connectivity index (χ2v) is 6.39. The third-order valence-electron chi connectivity index (χ3n) is 4.29. The molecule has 1 heterocycles. The van der Waals surface area contributed by atoms with Gasteiger partial charge in [0.15, 0.2) is 0 Å². The number of carboxylic acids is 1. The van der Waals surface area contributed by atoms with Crippen LogP contribution in [0.15, 0.2) is 24.3 Å². The number of rotatable bonds is 8. The van der Waals surface area contributed by atoms with Crippen molar-refractivity contribution in [3.63, 3.8) is 0 Å². The van der Waals surface area contributed by atoms with Gasteiger partial charge in [-0.15, -0.1) is 0 Å².